The molecule has 0 bridgehead atoms. The first kappa shape index (κ1) is 13.2. The Bertz CT molecular complexity index is 453. The Morgan fingerprint density at radius 2 is 2.33 bits per heavy atom. The highest BCUT2D eigenvalue weighted by molar-refractivity contribution is 7.80. The highest BCUT2D eigenvalue weighted by atomic mass is 32.1. The van der Waals surface area contributed by atoms with Crippen LogP contribution >= 0.6 is 12.2 Å². The zero-order chi connectivity index (χ0) is 13.1. The second-order valence-electron chi connectivity index (χ2n) is 4.66. The first-order valence-electron chi connectivity index (χ1n) is 6.07. The number of halogens is 1. The molecule has 3 N–H and O–H groups in total. The van der Waals surface area contributed by atoms with Crippen LogP contribution in [-0.2, 0) is 0 Å². The number of aliphatic hydroxyl groups excluding tert-OH is 1. The van der Waals surface area contributed by atoms with Crippen LogP contribution in [0.25, 0.3) is 0 Å². The third-order valence-electron chi connectivity index (χ3n) is 3.34. The van der Waals surface area contributed by atoms with Gasteiger partial charge in [-0.15, -0.1) is 0 Å². The van der Waals surface area contributed by atoms with Crippen molar-refractivity contribution in [1.82, 2.24) is 0 Å². The first-order valence-corrected chi connectivity index (χ1v) is 6.48. The van der Waals surface area contributed by atoms with Gasteiger partial charge in [0.05, 0.1) is 0 Å². The molecule has 1 unspecified atom stereocenters. The third kappa shape index (κ3) is 2.79. The molecular weight excluding hydrogens is 251 g/mol. The van der Waals surface area contributed by atoms with Crippen LogP contribution in [0, 0.1) is 11.7 Å². The smallest absolute Gasteiger partial charge is 0.124 e. The van der Waals surface area contributed by atoms with Crippen molar-refractivity contribution in [1.29, 1.82) is 0 Å². The quantitative estimate of drug-likeness (QED) is 0.819. The Labute approximate surface area is 111 Å². The van der Waals surface area contributed by atoms with Gasteiger partial charge in [0.1, 0.15) is 10.8 Å². The molecule has 0 saturated carbocycles. The van der Waals surface area contributed by atoms with Crippen LogP contribution in [0.15, 0.2) is 18.2 Å². The lowest BCUT2D eigenvalue weighted by Crippen LogP contribution is -2.37. The predicted molar refractivity (Wildman–Crippen MR) is 74.3 cm³/mol. The van der Waals surface area contributed by atoms with Gasteiger partial charge in [0.15, 0.2) is 0 Å². The van der Waals surface area contributed by atoms with Gasteiger partial charge in [-0.05, 0) is 37.0 Å². The van der Waals surface area contributed by atoms with Gasteiger partial charge in [0.25, 0.3) is 0 Å². The first-order chi connectivity index (χ1) is 8.61. The van der Waals surface area contributed by atoms with Crippen LogP contribution in [0.2, 0.25) is 0 Å². The molecule has 5 heteroatoms. The Balaban J connectivity index is 2.29. The maximum atomic E-state index is 13.2. The van der Waals surface area contributed by atoms with Crippen molar-refractivity contribution in [2.24, 2.45) is 11.7 Å². The molecule has 0 radical (unpaired) electrons. The summed E-state index contributed by atoms with van der Waals surface area (Å²) >= 11 is 4.97. The van der Waals surface area contributed by atoms with Gasteiger partial charge in [0.2, 0.25) is 0 Å². The molecule has 1 saturated heterocycles. The molecule has 1 aliphatic rings. The number of nitrogens with zero attached hydrogens (tertiary/aromatic N) is 1. The summed E-state index contributed by atoms with van der Waals surface area (Å²) in [4.78, 5) is 2.33. The van der Waals surface area contributed by atoms with Crippen molar-refractivity contribution in [3.8, 4) is 0 Å². The van der Waals surface area contributed by atoms with Crippen molar-refractivity contribution < 1.29 is 9.50 Å². The molecule has 3 nitrogen and oxygen atoms in total. The van der Waals surface area contributed by atoms with E-state index in [2.05, 4.69) is 4.90 Å². The lowest BCUT2D eigenvalue weighted by Gasteiger charge is -2.34. The fourth-order valence-electron chi connectivity index (χ4n) is 2.41. The number of aliphatic hydroxyl groups is 1. The van der Waals surface area contributed by atoms with E-state index in [4.69, 9.17) is 18.0 Å². The van der Waals surface area contributed by atoms with Crippen LogP contribution in [0.4, 0.5) is 10.1 Å². The van der Waals surface area contributed by atoms with Gasteiger partial charge >= 0.3 is 0 Å². The van der Waals surface area contributed by atoms with E-state index in [-0.39, 0.29) is 23.3 Å². The summed E-state index contributed by atoms with van der Waals surface area (Å²) in [6.07, 6.45) is 2.04. The van der Waals surface area contributed by atoms with E-state index in [0.717, 1.165) is 31.6 Å². The summed E-state index contributed by atoms with van der Waals surface area (Å²) in [7, 11) is 0. The molecule has 1 heterocycles. The second-order valence-corrected chi connectivity index (χ2v) is 5.10. The van der Waals surface area contributed by atoms with E-state index in [9.17, 15) is 9.50 Å². The summed E-state index contributed by atoms with van der Waals surface area (Å²) in [5.41, 5.74) is 7.08. The molecule has 0 spiro atoms. The molecule has 1 aliphatic heterocycles. The lowest BCUT2D eigenvalue weighted by molar-refractivity contribution is 0.208. The van der Waals surface area contributed by atoms with Crippen molar-refractivity contribution in [3.05, 3.63) is 29.6 Å². The minimum absolute atomic E-state index is 0.181. The zero-order valence-corrected chi connectivity index (χ0v) is 10.9. The van der Waals surface area contributed by atoms with Crippen molar-refractivity contribution >= 4 is 22.9 Å². The van der Waals surface area contributed by atoms with Crippen molar-refractivity contribution in [2.75, 3.05) is 24.6 Å². The summed E-state index contributed by atoms with van der Waals surface area (Å²) in [6, 6.07) is 4.50. The molecule has 0 aliphatic carbocycles. The highest BCUT2D eigenvalue weighted by Crippen LogP contribution is 2.27. The summed E-state index contributed by atoms with van der Waals surface area (Å²) in [5, 5.41) is 9.24. The average molecular weight is 268 g/mol. The maximum Gasteiger partial charge on any atom is 0.124 e. The molecule has 1 aromatic carbocycles. The normalized spacial score (nSPS) is 19.9. The van der Waals surface area contributed by atoms with E-state index in [0.29, 0.717) is 5.56 Å². The number of anilines is 1. The number of thiocarbonyl (C=S) groups is 1. The number of nitrogens with two attached hydrogens (primary N) is 1. The lowest BCUT2D eigenvalue weighted by atomic mass is 9.97. The van der Waals surface area contributed by atoms with E-state index in [1.54, 1.807) is 6.07 Å². The Hall–Kier alpha value is -1.20. The van der Waals surface area contributed by atoms with Crippen molar-refractivity contribution in [3.63, 3.8) is 0 Å². The molecule has 98 valence electrons. The number of hydrogen-bond acceptors (Lipinski definition) is 3. The number of benzene rings is 1. The van der Waals surface area contributed by atoms with E-state index in [1.807, 2.05) is 0 Å². The third-order valence-corrected chi connectivity index (χ3v) is 3.56. The fraction of sp³-hybridized carbons (Fsp3) is 0.462. The molecule has 0 aromatic heterocycles. The average Bonchev–Trinajstić information content (AvgIpc) is 2.38. The van der Waals surface area contributed by atoms with Gasteiger partial charge in [-0.25, -0.2) is 4.39 Å². The van der Waals surface area contributed by atoms with Gasteiger partial charge in [-0.3, -0.25) is 0 Å². The SMILES string of the molecule is NC(=S)c1cc(F)ccc1N1CCCC(CO)C1. The molecule has 1 fully saturated rings. The van der Waals surface area contributed by atoms with Crippen LogP contribution in [0.3, 0.4) is 0 Å². The Kier molecular flexibility index (Phi) is 4.14. The number of hydrogen-bond donors (Lipinski definition) is 2. The van der Waals surface area contributed by atoms with Crippen LogP contribution in [0.5, 0.6) is 0 Å². The minimum atomic E-state index is -0.336. The molecular formula is C13H17FN2OS. The van der Waals surface area contributed by atoms with Gasteiger partial charge < -0.3 is 15.7 Å². The summed E-state index contributed by atoms with van der Waals surface area (Å²) in [5.74, 6) is -0.0692. The van der Waals surface area contributed by atoms with E-state index >= 15 is 0 Å². The molecule has 0 amide bonds. The number of piperidine rings is 1. The van der Waals surface area contributed by atoms with E-state index in [1.165, 1.54) is 12.1 Å². The maximum absolute atomic E-state index is 13.2. The second kappa shape index (κ2) is 5.63. The molecule has 18 heavy (non-hydrogen) atoms. The Morgan fingerprint density at radius 1 is 1.56 bits per heavy atom. The largest absolute Gasteiger partial charge is 0.396 e. The standard InChI is InChI=1S/C13H17FN2OS/c14-10-3-4-12(11(6-10)13(15)18)16-5-1-2-9(7-16)8-17/h3-4,6,9,17H,1-2,5,7-8H2,(H2,15,18). The number of rotatable bonds is 3. The Morgan fingerprint density at radius 3 is 3.00 bits per heavy atom. The van der Waals surface area contributed by atoms with Crippen LogP contribution in [-0.4, -0.2) is 29.8 Å². The molecule has 2 rings (SSSR count). The predicted octanol–water partition coefficient (Wildman–Crippen LogP) is 1.67. The van der Waals surface area contributed by atoms with Gasteiger partial charge in [0, 0.05) is 30.9 Å². The van der Waals surface area contributed by atoms with Crippen LogP contribution < -0.4 is 10.6 Å². The molecule has 1 aromatic rings. The summed E-state index contributed by atoms with van der Waals surface area (Å²) in [6.45, 7) is 1.83. The monoisotopic (exact) mass is 268 g/mol. The highest BCUT2D eigenvalue weighted by Gasteiger charge is 2.22. The minimum Gasteiger partial charge on any atom is -0.396 e. The zero-order valence-electron chi connectivity index (χ0n) is 10.1. The van der Waals surface area contributed by atoms with E-state index < -0.39 is 0 Å². The fourth-order valence-corrected chi connectivity index (χ4v) is 2.58. The molecule has 1 atom stereocenters. The van der Waals surface area contributed by atoms with Crippen molar-refractivity contribution in [2.45, 2.75) is 12.8 Å². The summed E-state index contributed by atoms with van der Waals surface area (Å²) < 4.78 is 13.2. The van der Waals surface area contributed by atoms with Crippen LogP contribution in [0.1, 0.15) is 18.4 Å². The topological polar surface area (TPSA) is 49.5 Å². The van der Waals surface area contributed by atoms with Gasteiger partial charge in [-0.1, -0.05) is 12.2 Å². The van der Waals surface area contributed by atoms with Gasteiger partial charge in [-0.2, -0.15) is 0 Å².